The molecule has 2 N–H and O–H groups in total. The monoisotopic (exact) mass is 383 g/mol. The van der Waals surface area contributed by atoms with Crippen molar-refractivity contribution in [3.05, 3.63) is 59.7 Å². The van der Waals surface area contributed by atoms with Crippen LogP contribution >= 0.6 is 12.2 Å². The molecule has 27 heavy (non-hydrogen) atoms. The molecule has 5 nitrogen and oxygen atoms in total. The summed E-state index contributed by atoms with van der Waals surface area (Å²) < 4.78 is 5.09. The summed E-state index contributed by atoms with van der Waals surface area (Å²) in [5.41, 5.74) is 2.67. The smallest absolute Gasteiger partial charge is 0.257 e. The molecule has 1 amide bonds. The van der Waals surface area contributed by atoms with Crippen LogP contribution in [0.4, 0.5) is 5.69 Å². The van der Waals surface area contributed by atoms with Crippen LogP contribution in [0.25, 0.3) is 0 Å². The number of anilines is 1. The number of thiocarbonyl (C=S) groups is 1. The topological polar surface area (TPSA) is 53.6 Å². The molecule has 0 atom stereocenters. The minimum Gasteiger partial charge on any atom is -0.497 e. The number of hydrogen-bond acceptors (Lipinski definition) is 4. The minimum absolute atomic E-state index is 0.253. The summed E-state index contributed by atoms with van der Waals surface area (Å²) >= 11 is 5.25. The average Bonchev–Trinajstić information content (AvgIpc) is 2.70. The molecule has 0 aliphatic carbocycles. The van der Waals surface area contributed by atoms with Crippen LogP contribution in [0.1, 0.15) is 35.2 Å². The Morgan fingerprint density at radius 1 is 1.04 bits per heavy atom. The van der Waals surface area contributed by atoms with E-state index in [1.54, 1.807) is 31.4 Å². The van der Waals surface area contributed by atoms with Crippen LogP contribution in [0, 0.1) is 0 Å². The summed E-state index contributed by atoms with van der Waals surface area (Å²) in [6.45, 7) is 3.35. The van der Waals surface area contributed by atoms with Gasteiger partial charge in [-0.2, -0.15) is 0 Å². The minimum atomic E-state index is -0.253. The van der Waals surface area contributed by atoms with E-state index in [0.29, 0.717) is 11.3 Å². The molecule has 2 aromatic carbocycles. The molecule has 0 spiro atoms. The van der Waals surface area contributed by atoms with Crippen molar-refractivity contribution in [1.29, 1.82) is 0 Å². The third kappa shape index (κ3) is 5.77. The van der Waals surface area contributed by atoms with Crippen molar-refractivity contribution in [2.75, 3.05) is 25.5 Å². The molecule has 142 valence electrons. The van der Waals surface area contributed by atoms with Crippen molar-refractivity contribution in [2.45, 2.75) is 25.8 Å². The molecule has 0 radical (unpaired) electrons. The number of carbonyl (C=O) groups excluding carboxylic acids is 1. The number of piperidine rings is 1. The molecule has 1 saturated heterocycles. The highest BCUT2D eigenvalue weighted by Crippen LogP contribution is 2.15. The third-order valence-electron chi connectivity index (χ3n) is 4.65. The van der Waals surface area contributed by atoms with E-state index in [-0.39, 0.29) is 11.0 Å². The van der Waals surface area contributed by atoms with E-state index in [1.165, 1.54) is 37.9 Å². The van der Waals surface area contributed by atoms with Gasteiger partial charge in [-0.25, -0.2) is 0 Å². The lowest BCUT2D eigenvalue weighted by Gasteiger charge is -2.26. The zero-order valence-electron chi connectivity index (χ0n) is 15.5. The first-order chi connectivity index (χ1) is 13.1. The van der Waals surface area contributed by atoms with E-state index in [9.17, 15) is 4.79 Å². The zero-order valence-corrected chi connectivity index (χ0v) is 16.3. The van der Waals surface area contributed by atoms with E-state index in [1.807, 2.05) is 12.1 Å². The van der Waals surface area contributed by atoms with E-state index in [0.717, 1.165) is 12.2 Å². The average molecular weight is 384 g/mol. The van der Waals surface area contributed by atoms with Gasteiger partial charge in [-0.15, -0.1) is 0 Å². The number of benzene rings is 2. The number of nitrogens with zero attached hydrogens (tertiary/aromatic N) is 1. The second kappa shape index (κ2) is 9.48. The number of methoxy groups -OCH3 is 1. The Balaban J connectivity index is 1.50. The predicted octanol–water partition coefficient (Wildman–Crippen LogP) is 3.81. The van der Waals surface area contributed by atoms with Gasteiger partial charge in [0.2, 0.25) is 0 Å². The molecule has 1 heterocycles. The highest BCUT2D eigenvalue weighted by molar-refractivity contribution is 7.80. The van der Waals surface area contributed by atoms with Crippen molar-refractivity contribution in [3.8, 4) is 5.75 Å². The molecule has 0 bridgehead atoms. The largest absolute Gasteiger partial charge is 0.497 e. The fourth-order valence-corrected chi connectivity index (χ4v) is 3.36. The maximum Gasteiger partial charge on any atom is 0.257 e. The van der Waals surface area contributed by atoms with Crippen molar-refractivity contribution >= 4 is 28.9 Å². The SMILES string of the molecule is COc1ccc(C(=O)NC(=S)Nc2ccc(CN3CCCCC3)cc2)cc1. The summed E-state index contributed by atoms with van der Waals surface area (Å²) in [5.74, 6) is 0.453. The Hall–Kier alpha value is -2.44. The molecule has 3 rings (SSSR count). The third-order valence-corrected chi connectivity index (χ3v) is 4.85. The van der Waals surface area contributed by atoms with Gasteiger partial charge in [0.25, 0.3) is 5.91 Å². The highest BCUT2D eigenvalue weighted by Gasteiger charge is 2.11. The Kier molecular flexibility index (Phi) is 6.79. The van der Waals surface area contributed by atoms with Crippen molar-refractivity contribution in [1.82, 2.24) is 10.2 Å². The number of hydrogen-bond donors (Lipinski definition) is 2. The van der Waals surface area contributed by atoms with E-state index < -0.39 is 0 Å². The molecule has 0 aromatic heterocycles. The maximum absolute atomic E-state index is 12.2. The lowest BCUT2D eigenvalue weighted by atomic mass is 10.1. The summed E-state index contributed by atoms with van der Waals surface area (Å²) in [7, 11) is 1.59. The first-order valence-electron chi connectivity index (χ1n) is 9.22. The van der Waals surface area contributed by atoms with Crippen molar-refractivity contribution in [2.24, 2.45) is 0 Å². The summed E-state index contributed by atoms with van der Waals surface area (Å²) in [6, 6.07) is 15.1. The molecule has 1 aliphatic heterocycles. The second-order valence-electron chi connectivity index (χ2n) is 6.67. The first-order valence-corrected chi connectivity index (χ1v) is 9.62. The molecule has 1 aliphatic rings. The molecule has 6 heteroatoms. The van der Waals surface area contributed by atoms with Crippen LogP contribution in [0.3, 0.4) is 0 Å². The number of amides is 1. The number of likely N-dealkylation sites (tertiary alicyclic amines) is 1. The Morgan fingerprint density at radius 3 is 2.33 bits per heavy atom. The zero-order chi connectivity index (χ0) is 19.1. The van der Waals surface area contributed by atoms with Crippen LogP contribution in [-0.4, -0.2) is 36.1 Å². The van der Waals surface area contributed by atoms with Gasteiger partial charge in [0.1, 0.15) is 5.75 Å². The van der Waals surface area contributed by atoms with Gasteiger partial charge in [0.15, 0.2) is 5.11 Å². The molecular weight excluding hydrogens is 358 g/mol. The maximum atomic E-state index is 12.2. The predicted molar refractivity (Wildman–Crippen MR) is 112 cm³/mol. The Bertz CT molecular complexity index is 769. The van der Waals surface area contributed by atoms with Crippen LogP contribution in [0.5, 0.6) is 5.75 Å². The van der Waals surface area contributed by atoms with Gasteiger partial charge in [0.05, 0.1) is 7.11 Å². The molecule has 0 saturated carbocycles. The number of carbonyl (C=O) groups is 1. The molecule has 2 aromatic rings. The fraction of sp³-hybridized carbons (Fsp3) is 0.333. The molecule has 1 fully saturated rings. The molecular formula is C21H25N3O2S. The van der Waals surface area contributed by atoms with Crippen LogP contribution < -0.4 is 15.4 Å². The van der Waals surface area contributed by atoms with Gasteiger partial charge in [0, 0.05) is 17.8 Å². The van der Waals surface area contributed by atoms with Gasteiger partial charge in [-0.3, -0.25) is 15.0 Å². The van der Waals surface area contributed by atoms with Gasteiger partial charge in [-0.05, 0) is 80.1 Å². The highest BCUT2D eigenvalue weighted by atomic mass is 32.1. The quantitative estimate of drug-likeness (QED) is 0.769. The van der Waals surface area contributed by atoms with E-state index in [4.69, 9.17) is 17.0 Å². The van der Waals surface area contributed by atoms with Gasteiger partial charge < -0.3 is 10.1 Å². The lowest BCUT2D eigenvalue weighted by Crippen LogP contribution is -2.34. The standard InChI is InChI=1S/C21H25N3O2S/c1-26-19-11-7-17(8-12-19)20(25)23-21(27)22-18-9-5-16(6-10-18)15-24-13-3-2-4-14-24/h5-12H,2-4,13-15H2,1H3,(H2,22,23,25,27). The lowest BCUT2D eigenvalue weighted by molar-refractivity contribution is 0.0977. The fourth-order valence-electron chi connectivity index (χ4n) is 3.15. The van der Waals surface area contributed by atoms with E-state index >= 15 is 0 Å². The number of ether oxygens (including phenoxy) is 1. The van der Waals surface area contributed by atoms with E-state index in [2.05, 4.69) is 27.7 Å². The summed E-state index contributed by atoms with van der Waals surface area (Å²) in [6.07, 6.45) is 3.93. The van der Waals surface area contributed by atoms with Gasteiger partial charge >= 0.3 is 0 Å². The Labute approximate surface area is 165 Å². The normalized spacial score (nSPS) is 14.4. The van der Waals surface area contributed by atoms with Crippen molar-refractivity contribution in [3.63, 3.8) is 0 Å². The van der Waals surface area contributed by atoms with Gasteiger partial charge in [-0.1, -0.05) is 18.6 Å². The van der Waals surface area contributed by atoms with Crippen LogP contribution in [0.15, 0.2) is 48.5 Å². The summed E-state index contributed by atoms with van der Waals surface area (Å²) in [5, 5.41) is 6.03. The summed E-state index contributed by atoms with van der Waals surface area (Å²) in [4.78, 5) is 14.7. The van der Waals surface area contributed by atoms with Crippen molar-refractivity contribution < 1.29 is 9.53 Å². The number of rotatable bonds is 5. The second-order valence-corrected chi connectivity index (χ2v) is 7.08. The Morgan fingerprint density at radius 2 is 1.70 bits per heavy atom. The van der Waals surface area contributed by atoms with Crippen LogP contribution in [-0.2, 0) is 6.54 Å². The van der Waals surface area contributed by atoms with Crippen LogP contribution in [0.2, 0.25) is 0 Å². The number of nitrogens with one attached hydrogen (secondary N) is 2. The molecule has 0 unspecified atom stereocenters. The first kappa shape index (κ1) is 19.3.